The molecule has 17 aromatic rings. The average molecular weight is 1850 g/mol. The van der Waals surface area contributed by atoms with Crippen molar-refractivity contribution in [2.45, 2.75) is 192 Å². The van der Waals surface area contributed by atoms with Crippen LogP contribution in [0.4, 0.5) is 0 Å². The summed E-state index contributed by atoms with van der Waals surface area (Å²) in [4.78, 5) is 119. The lowest BCUT2D eigenvalue weighted by Crippen LogP contribution is -2.07. The molecule has 0 amide bonds. The van der Waals surface area contributed by atoms with Crippen LogP contribution in [0.5, 0.6) is 0 Å². The van der Waals surface area contributed by atoms with Crippen molar-refractivity contribution < 1.29 is 57.7 Å². The van der Waals surface area contributed by atoms with Crippen molar-refractivity contribution in [3.05, 3.63) is 370 Å². The van der Waals surface area contributed by atoms with Gasteiger partial charge in [0.2, 0.25) is 0 Å². The van der Waals surface area contributed by atoms with Gasteiger partial charge in [0.25, 0.3) is 0 Å². The van der Waals surface area contributed by atoms with E-state index in [0.717, 1.165) is 191 Å². The SMILES string of the molecule is CCC/C(=N\OC(C)=O)c1ccc2c(c1)c1cc(C(=O)c3ccccc3)ccc1n2CC.CCCCCCC/C(=N\OC(=O)c1ccccc1)c1ccc2c(c1)c1cc(C(=O)c3ccccc3)ccc1n2CC.CCCCCCC/C(=N\OC(C)=O)c1ccc2c(c1)c1cc(C(=O)c3ccccc3)ccc1n2CC.CCn1c2ccc(C(=O)c3ccccc3)cc2c2cc(/C(C)=N/OC(C)=O)ccc21. The molecule has 17 rings (SSSR count). The second kappa shape index (κ2) is 47.7. The molecule has 0 spiro atoms. The van der Waals surface area contributed by atoms with Crippen molar-refractivity contribution in [1.29, 1.82) is 0 Å². The first-order chi connectivity index (χ1) is 67.6. The quantitative estimate of drug-likeness (QED) is 0.0118. The molecule has 0 aliphatic heterocycles. The molecule has 4 aromatic heterocycles. The molecule has 0 atom stereocenters. The fraction of sp³-hybridized carbons (Fsp3) is 0.244. The lowest BCUT2D eigenvalue weighted by Gasteiger charge is -2.08. The minimum Gasteiger partial charge on any atom is -0.341 e. The predicted molar refractivity (Wildman–Crippen MR) is 561 cm³/mol. The first-order valence-electron chi connectivity index (χ1n) is 48.3. The number of carbonyl (C=O) groups excluding carboxylic acids is 8. The molecule has 0 unspecified atom stereocenters. The molecule has 4 heterocycles. The number of hydrogen-bond acceptors (Lipinski definition) is 16. The number of nitrogens with zero attached hydrogens (tertiary/aromatic N) is 8. The number of fused-ring (bicyclic) bond motifs is 12. The van der Waals surface area contributed by atoms with Crippen LogP contribution >= 0.6 is 0 Å². The van der Waals surface area contributed by atoms with E-state index in [1.54, 1.807) is 19.1 Å². The maximum Gasteiger partial charge on any atom is 0.365 e. The van der Waals surface area contributed by atoms with Crippen LogP contribution in [0.1, 0.15) is 262 Å². The molecule has 0 aliphatic carbocycles. The fourth-order valence-corrected chi connectivity index (χ4v) is 18.0. The third-order valence-corrected chi connectivity index (χ3v) is 25.0. The molecule has 0 bridgehead atoms. The van der Waals surface area contributed by atoms with Gasteiger partial charge in [0.15, 0.2) is 23.1 Å². The van der Waals surface area contributed by atoms with Gasteiger partial charge in [0.05, 0.1) is 28.4 Å². The number of rotatable bonds is 35. The second-order valence-electron chi connectivity index (χ2n) is 34.5. The molecule has 0 saturated carbocycles. The number of oxime groups is 4. The smallest absolute Gasteiger partial charge is 0.341 e. The van der Waals surface area contributed by atoms with Crippen molar-refractivity contribution in [3.8, 4) is 0 Å². The number of ketones is 4. The van der Waals surface area contributed by atoms with Gasteiger partial charge in [-0.3, -0.25) is 19.2 Å². The van der Waals surface area contributed by atoms with E-state index in [-0.39, 0.29) is 23.1 Å². The fourth-order valence-electron chi connectivity index (χ4n) is 18.0. The zero-order valence-electron chi connectivity index (χ0n) is 81.0. The predicted octanol–water partition coefficient (Wildman–Crippen LogP) is 28.1. The Balaban J connectivity index is 0.000000149. The summed E-state index contributed by atoms with van der Waals surface area (Å²) in [6.07, 6.45) is 14.4. The highest BCUT2D eigenvalue weighted by atomic mass is 16.7. The molecule has 13 aromatic carbocycles. The minimum absolute atomic E-state index is 0.00125. The summed E-state index contributed by atoms with van der Waals surface area (Å²) in [7, 11) is 0. The first-order valence-corrected chi connectivity index (χ1v) is 48.3. The van der Waals surface area contributed by atoms with Crippen molar-refractivity contribution in [2.75, 3.05) is 0 Å². The van der Waals surface area contributed by atoms with E-state index in [4.69, 9.17) is 19.4 Å². The molecule has 0 aliphatic rings. The van der Waals surface area contributed by atoms with Crippen LogP contribution in [-0.2, 0) is 59.9 Å². The molecule has 0 N–H and O–H groups in total. The van der Waals surface area contributed by atoms with Crippen molar-refractivity contribution in [3.63, 3.8) is 0 Å². The standard InChI is InChI=1S/C36H36N2O3.C31H34N2O3.C27H26N2O3.C25H22N2O3/c1-3-5-6-7-14-19-32(37-41-36(40)27-17-12-9-13-18-27)28-20-22-33-30(24-28)31-25-29(21-23-34(31)38(33)4-2)35(39)26-15-10-8-11-16-26;1-4-6-7-8-12-15-28(32-36-22(3)34)24-16-18-29-26(20-24)27-21-25(17-19-30(27)33(29)5-2)31(35)23-13-10-9-11-14-23;1-4-9-24(28-32-18(3)30)20-12-14-25-22(16-20)23-17-21(13-15-26(23)29(25)5-2)27(31)19-10-7-6-8-11-19;1-4-27-23-12-10-19(16(2)26-30-17(3)28)14-21(23)22-15-20(11-13-24(22)27)25(29)18-8-6-5-7-9-18/h8-13,15-18,20-25H,3-7,14,19H2,1-2H3;9-11,13-14,16-21H,4-8,12,15H2,1-3H3;6-8,10-17H,4-5,9H2,1-3H3;5-15H,4H2,1-3H3/b37-32+;32-28+;28-24+;26-16+. The Morgan fingerprint density at radius 2 is 0.439 bits per heavy atom. The molecule has 0 saturated heterocycles. The summed E-state index contributed by atoms with van der Waals surface area (Å²) >= 11 is 0. The summed E-state index contributed by atoms with van der Waals surface area (Å²) in [5.41, 5.74) is 21.0. The Labute approximate surface area is 810 Å². The Morgan fingerprint density at radius 1 is 0.216 bits per heavy atom. The van der Waals surface area contributed by atoms with E-state index in [1.165, 1.54) is 59.3 Å². The lowest BCUT2D eigenvalue weighted by molar-refractivity contribution is -0.141. The van der Waals surface area contributed by atoms with E-state index >= 15 is 0 Å². The van der Waals surface area contributed by atoms with E-state index in [2.05, 4.69) is 136 Å². The maximum absolute atomic E-state index is 13.3. The monoisotopic (exact) mass is 1850 g/mol. The number of carbonyl (C=O) groups is 8. The Bertz CT molecular complexity index is 7490. The topological polar surface area (TPSA) is 243 Å². The van der Waals surface area contributed by atoms with Gasteiger partial charge in [-0.2, -0.15) is 0 Å². The number of unbranched alkanes of at least 4 members (excludes halogenated alkanes) is 8. The van der Waals surface area contributed by atoms with E-state index < -0.39 is 23.9 Å². The number of benzene rings is 13. The average Bonchev–Trinajstić information content (AvgIpc) is 1.61. The largest absolute Gasteiger partial charge is 0.365 e. The molecule has 0 fully saturated rings. The van der Waals surface area contributed by atoms with E-state index in [1.807, 2.05) is 237 Å². The van der Waals surface area contributed by atoms with Gasteiger partial charge in [-0.15, -0.1) is 0 Å². The Kier molecular flexibility index (Phi) is 34.0. The van der Waals surface area contributed by atoms with Crippen molar-refractivity contribution >= 4 is 157 Å². The molecule has 0 radical (unpaired) electrons. The van der Waals surface area contributed by atoms with Gasteiger partial charge in [0.1, 0.15) is 0 Å². The maximum atomic E-state index is 13.3. The lowest BCUT2D eigenvalue weighted by atomic mass is 9.99. The van der Waals surface area contributed by atoms with Gasteiger partial charge < -0.3 is 37.6 Å². The molecule has 139 heavy (non-hydrogen) atoms. The van der Waals surface area contributed by atoms with Crippen molar-refractivity contribution in [1.82, 2.24) is 18.3 Å². The van der Waals surface area contributed by atoms with Gasteiger partial charge in [-0.05, 0) is 206 Å². The zero-order chi connectivity index (χ0) is 98.0. The highest BCUT2D eigenvalue weighted by Gasteiger charge is 2.24. The van der Waals surface area contributed by atoms with E-state index in [9.17, 15) is 38.4 Å². The van der Waals surface area contributed by atoms with Gasteiger partial charge in [-0.1, -0.05) is 263 Å². The zero-order valence-corrected chi connectivity index (χ0v) is 81.0. The summed E-state index contributed by atoms with van der Waals surface area (Å²) in [6.45, 7) is 24.0. The Hall–Kier alpha value is -15.7. The third kappa shape index (κ3) is 23.7. The molecule has 20 heteroatoms. The highest BCUT2D eigenvalue weighted by molar-refractivity contribution is 6.21. The number of aromatic nitrogens is 4. The van der Waals surface area contributed by atoms with Crippen LogP contribution in [0.25, 0.3) is 87.2 Å². The van der Waals surface area contributed by atoms with Gasteiger partial charge >= 0.3 is 23.9 Å². The number of aryl methyl sites for hydroxylation is 4. The highest BCUT2D eigenvalue weighted by Crippen LogP contribution is 2.38. The van der Waals surface area contributed by atoms with E-state index in [0.29, 0.717) is 68.6 Å². The van der Waals surface area contributed by atoms with Crippen molar-refractivity contribution in [2.24, 2.45) is 20.6 Å². The van der Waals surface area contributed by atoms with Crippen LogP contribution in [-0.4, -0.2) is 88.1 Å². The molecule has 706 valence electrons. The Morgan fingerprint density at radius 3 is 0.698 bits per heavy atom. The number of hydrogen-bond donors (Lipinski definition) is 0. The summed E-state index contributed by atoms with van der Waals surface area (Å²) < 4.78 is 9.00. The molecule has 20 nitrogen and oxygen atoms in total. The van der Waals surface area contributed by atoms with Crippen LogP contribution in [0.3, 0.4) is 0 Å². The summed E-state index contributed by atoms with van der Waals surface area (Å²) in [5.74, 6) is -1.78. The third-order valence-electron chi connectivity index (χ3n) is 25.0. The first kappa shape index (κ1) is 99.3. The minimum atomic E-state index is -0.471. The molecular weight excluding hydrogens is 1730 g/mol. The van der Waals surface area contributed by atoms with Crippen LogP contribution in [0.15, 0.2) is 318 Å². The van der Waals surface area contributed by atoms with Gasteiger partial charge in [-0.25, -0.2) is 19.2 Å². The molecular formula is C119H118N8O12. The summed E-state index contributed by atoms with van der Waals surface area (Å²) in [6, 6.07) is 94.7. The van der Waals surface area contributed by atoms with Crippen LogP contribution < -0.4 is 0 Å². The second-order valence-corrected chi connectivity index (χ2v) is 34.5. The van der Waals surface area contributed by atoms with Crippen LogP contribution in [0, 0.1) is 0 Å². The van der Waals surface area contributed by atoms with Crippen LogP contribution in [0.2, 0.25) is 0 Å². The normalized spacial score (nSPS) is 11.8. The summed E-state index contributed by atoms with van der Waals surface area (Å²) in [5, 5.41) is 24.9. The van der Waals surface area contributed by atoms with Gasteiger partial charge in [0, 0.05) is 195 Å².